The lowest BCUT2D eigenvalue weighted by Crippen LogP contribution is -2.36. The van der Waals surface area contributed by atoms with Crippen molar-refractivity contribution in [3.8, 4) is 0 Å². The minimum absolute atomic E-state index is 0.725. The van der Waals surface area contributed by atoms with Crippen LogP contribution in [0.25, 0.3) is 10.8 Å². The highest BCUT2D eigenvalue weighted by Gasteiger charge is 2.21. The Bertz CT molecular complexity index is 633. The van der Waals surface area contributed by atoms with Crippen molar-refractivity contribution in [2.24, 2.45) is 0 Å². The van der Waals surface area contributed by atoms with Crippen molar-refractivity contribution in [2.75, 3.05) is 31.2 Å². The first-order valence-corrected chi connectivity index (χ1v) is 7.84. The Labute approximate surface area is 125 Å². The molecule has 2 aromatic rings. The van der Waals surface area contributed by atoms with Crippen molar-refractivity contribution in [3.05, 3.63) is 36.0 Å². The van der Waals surface area contributed by atoms with Crippen molar-refractivity contribution in [2.45, 2.75) is 25.4 Å². The number of anilines is 1. The first-order valence-electron chi connectivity index (χ1n) is 7.84. The van der Waals surface area contributed by atoms with Gasteiger partial charge in [0.15, 0.2) is 0 Å². The van der Waals surface area contributed by atoms with E-state index in [-0.39, 0.29) is 0 Å². The lowest BCUT2D eigenvalue weighted by atomic mass is 10.1. The van der Waals surface area contributed by atoms with E-state index in [1.165, 1.54) is 29.2 Å². The van der Waals surface area contributed by atoms with Gasteiger partial charge in [0.2, 0.25) is 0 Å². The summed E-state index contributed by atoms with van der Waals surface area (Å²) in [6.45, 7) is 4.36. The summed E-state index contributed by atoms with van der Waals surface area (Å²) in [5.41, 5.74) is 1.30. The zero-order chi connectivity index (χ0) is 14.1. The fourth-order valence-corrected chi connectivity index (χ4v) is 2.95. The van der Waals surface area contributed by atoms with E-state index < -0.39 is 0 Å². The maximum atomic E-state index is 5.45. The van der Waals surface area contributed by atoms with Crippen LogP contribution >= 0.6 is 0 Å². The fraction of sp³-hybridized carbons (Fsp3) is 0.471. The van der Waals surface area contributed by atoms with Crippen LogP contribution in [0, 0.1) is 0 Å². The third kappa shape index (κ3) is 2.74. The standard InChI is InChI=1S/C17H21N3O/c1-2-4-16-15(3-1)13(11-18-14-5-6-14)12-19-17(16)20-7-9-21-10-8-20/h1-4,12,14,18H,5-11H2. The average Bonchev–Trinajstić information content (AvgIpc) is 3.38. The minimum Gasteiger partial charge on any atom is -0.378 e. The number of nitrogens with one attached hydrogen (secondary N) is 1. The van der Waals surface area contributed by atoms with Gasteiger partial charge in [-0.05, 0) is 23.8 Å². The molecule has 1 aromatic carbocycles. The van der Waals surface area contributed by atoms with E-state index in [9.17, 15) is 0 Å². The van der Waals surface area contributed by atoms with Gasteiger partial charge in [-0.3, -0.25) is 0 Å². The van der Waals surface area contributed by atoms with Crippen molar-refractivity contribution in [1.82, 2.24) is 10.3 Å². The summed E-state index contributed by atoms with van der Waals surface area (Å²) >= 11 is 0. The number of aromatic nitrogens is 1. The smallest absolute Gasteiger partial charge is 0.136 e. The van der Waals surface area contributed by atoms with Crippen LogP contribution in [0.15, 0.2) is 30.5 Å². The summed E-state index contributed by atoms with van der Waals surface area (Å²) in [6, 6.07) is 9.35. The maximum absolute atomic E-state index is 5.45. The Morgan fingerprint density at radius 1 is 1.14 bits per heavy atom. The summed E-state index contributed by atoms with van der Waals surface area (Å²) in [7, 11) is 0. The van der Waals surface area contributed by atoms with Crippen LogP contribution in [-0.4, -0.2) is 37.3 Å². The largest absolute Gasteiger partial charge is 0.378 e. The van der Waals surface area contributed by atoms with Crippen molar-refractivity contribution in [1.29, 1.82) is 0 Å². The lowest BCUT2D eigenvalue weighted by Gasteiger charge is -2.29. The van der Waals surface area contributed by atoms with E-state index in [1.807, 2.05) is 6.20 Å². The monoisotopic (exact) mass is 283 g/mol. The normalized spacial score (nSPS) is 19.1. The zero-order valence-corrected chi connectivity index (χ0v) is 12.2. The molecule has 2 heterocycles. The molecule has 2 fully saturated rings. The Balaban J connectivity index is 1.69. The highest BCUT2D eigenvalue weighted by atomic mass is 16.5. The van der Waals surface area contributed by atoms with Crippen molar-refractivity contribution >= 4 is 16.6 Å². The number of rotatable bonds is 4. The van der Waals surface area contributed by atoms with Crippen LogP contribution in [0.1, 0.15) is 18.4 Å². The molecule has 0 amide bonds. The third-order valence-corrected chi connectivity index (χ3v) is 4.33. The molecule has 4 heteroatoms. The maximum Gasteiger partial charge on any atom is 0.136 e. The lowest BCUT2D eigenvalue weighted by molar-refractivity contribution is 0.122. The molecule has 1 N–H and O–H groups in total. The molecule has 0 spiro atoms. The first-order chi connectivity index (χ1) is 10.4. The number of morpholine rings is 1. The van der Waals surface area contributed by atoms with Gasteiger partial charge in [-0.15, -0.1) is 0 Å². The summed E-state index contributed by atoms with van der Waals surface area (Å²) in [5, 5.41) is 6.17. The van der Waals surface area contributed by atoms with Gasteiger partial charge in [-0.1, -0.05) is 24.3 Å². The second-order valence-corrected chi connectivity index (χ2v) is 5.91. The van der Waals surface area contributed by atoms with Gasteiger partial charge < -0.3 is 15.0 Å². The Morgan fingerprint density at radius 3 is 2.67 bits per heavy atom. The van der Waals surface area contributed by atoms with Crippen LogP contribution in [0.3, 0.4) is 0 Å². The molecule has 2 aliphatic rings. The number of ether oxygens (including phenoxy) is 1. The van der Waals surface area contributed by atoms with E-state index in [1.54, 1.807) is 0 Å². The molecular formula is C17H21N3O. The molecule has 4 nitrogen and oxygen atoms in total. The average molecular weight is 283 g/mol. The molecule has 1 aliphatic carbocycles. The fourth-order valence-electron chi connectivity index (χ4n) is 2.95. The quantitative estimate of drug-likeness (QED) is 0.934. The van der Waals surface area contributed by atoms with Crippen LogP contribution in [0.5, 0.6) is 0 Å². The van der Waals surface area contributed by atoms with Crippen molar-refractivity contribution < 1.29 is 4.74 Å². The molecule has 21 heavy (non-hydrogen) atoms. The van der Waals surface area contributed by atoms with E-state index in [4.69, 9.17) is 9.72 Å². The molecule has 110 valence electrons. The van der Waals surface area contributed by atoms with E-state index in [0.29, 0.717) is 0 Å². The SMILES string of the molecule is c1ccc2c(N3CCOCC3)ncc(CNC3CC3)c2c1. The highest BCUT2D eigenvalue weighted by Crippen LogP contribution is 2.28. The second kappa shape index (κ2) is 5.62. The molecular weight excluding hydrogens is 262 g/mol. The number of hydrogen-bond acceptors (Lipinski definition) is 4. The number of nitrogens with zero attached hydrogens (tertiary/aromatic N) is 2. The van der Waals surface area contributed by atoms with Gasteiger partial charge in [0.05, 0.1) is 13.2 Å². The molecule has 0 bridgehead atoms. The Kier molecular flexibility index (Phi) is 3.49. The van der Waals surface area contributed by atoms with Crippen LogP contribution in [-0.2, 0) is 11.3 Å². The predicted molar refractivity (Wildman–Crippen MR) is 84.6 cm³/mol. The molecule has 1 aliphatic heterocycles. The molecule has 1 aromatic heterocycles. The summed E-state index contributed by atoms with van der Waals surface area (Å²) in [5.74, 6) is 1.10. The zero-order valence-electron chi connectivity index (χ0n) is 12.2. The van der Waals surface area contributed by atoms with Crippen LogP contribution < -0.4 is 10.2 Å². The molecule has 0 radical (unpaired) electrons. The summed E-state index contributed by atoms with van der Waals surface area (Å²) < 4.78 is 5.45. The molecule has 0 unspecified atom stereocenters. The van der Waals surface area contributed by atoms with Crippen LogP contribution in [0.2, 0.25) is 0 Å². The number of benzene rings is 1. The summed E-state index contributed by atoms with van der Waals surface area (Å²) in [6.07, 6.45) is 4.68. The van der Waals surface area contributed by atoms with Gasteiger partial charge in [-0.2, -0.15) is 0 Å². The molecule has 4 rings (SSSR count). The van der Waals surface area contributed by atoms with Crippen LogP contribution in [0.4, 0.5) is 5.82 Å². The van der Waals surface area contributed by atoms with E-state index >= 15 is 0 Å². The minimum atomic E-state index is 0.725. The Morgan fingerprint density at radius 2 is 1.90 bits per heavy atom. The Hall–Kier alpha value is -1.65. The van der Waals surface area contributed by atoms with E-state index in [0.717, 1.165) is 44.7 Å². The summed E-state index contributed by atoms with van der Waals surface area (Å²) in [4.78, 5) is 7.10. The first kappa shape index (κ1) is 13.0. The molecule has 1 saturated heterocycles. The molecule has 1 saturated carbocycles. The highest BCUT2D eigenvalue weighted by molar-refractivity contribution is 5.94. The number of fused-ring (bicyclic) bond motifs is 1. The molecule has 0 atom stereocenters. The van der Waals surface area contributed by atoms with Gasteiger partial charge in [0, 0.05) is 37.3 Å². The predicted octanol–water partition coefficient (Wildman–Crippen LogP) is 2.32. The van der Waals surface area contributed by atoms with E-state index in [2.05, 4.69) is 34.5 Å². The van der Waals surface area contributed by atoms with Gasteiger partial charge in [0.1, 0.15) is 5.82 Å². The topological polar surface area (TPSA) is 37.4 Å². The van der Waals surface area contributed by atoms with Gasteiger partial charge >= 0.3 is 0 Å². The second-order valence-electron chi connectivity index (χ2n) is 5.91. The number of hydrogen-bond donors (Lipinski definition) is 1. The van der Waals surface area contributed by atoms with Crippen molar-refractivity contribution in [3.63, 3.8) is 0 Å². The van der Waals surface area contributed by atoms with Gasteiger partial charge in [-0.25, -0.2) is 4.98 Å². The van der Waals surface area contributed by atoms with Gasteiger partial charge in [0.25, 0.3) is 0 Å². The third-order valence-electron chi connectivity index (χ3n) is 4.33. The number of pyridine rings is 1.